The molecule has 2 amide bonds. The van der Waals surface area contributed by atoms with Gasteiger partial charge in [-0.2, -0.15) is 0 Å². The third-order valence-corrected chi connectivity index (χ3v) is 3.49. The van der Waals surface area contributed by atoms with E-state index in [0.29, 0.717) is 35.2 Å². The third-order valence-electron chi connectivity index (χ3n) is 3.23. The van der Waals surface area contributed by atoms with E-state index in [-0.39, 0.29) is 18.2 Å². The SMILES string of the molecule is CCOCCC(=O)Nc1ccccc1NC(=O)c1ccc(Cl)cc1. The zero-order valence-electron chi connectivity index (χ0n) is 13.3. The maximum atomic E-state index is 12.3. The number of carbonyl (C=O) groups excluding carboxylic acids is 2. The molecule has 0 heterocycles. The van der Waals surface area contributed by atoms with Crippen LogP contribution in [0.5, 0.6) is 0 Å². The predicted octanol–water partition coefficient (Wildman–Crippen LogP) is 3.96. The number of halogens is 1. The summed E-state index contributed by atoms with van der Waals surface area (Å²) in [6, 6.07) is 13.6. The van der Waals surface area contributed by atoms with Gasteiger partial charge in [-0.25, -0.2) is 0 Å². The summed E-state index contributed by atoms with van der Waals surface area (Å²) in [5.41, 5.74) is 1.56. The van der Waals surface area contributed by atoms with E-state index in [9.17, 15) is 9.59 Å². The second kappa shape index (κ2) is 9.05. The first kappa shape index (κ1) is 18.0. The number of anilines is 2. The van der Waals surface area contributed by atoms with Crippen molar-refractivity contribution < 1.29 is 14.3 Å². The van der Waals surface area contributed by atoms with Gasteiger partial charge in [-0.1, -0.05) is 23.7 Å². The van der Waals surface area contributed by atoms with E-state index in [1.807, 2.05) is 6.92 Å². The highest BCUT2D eigenvalue weighted by Gasteiger charge is 2.11. The monoisotopic (exact) mass is 346 g/mol. The summed E-state index contributed by atoms with van der Waals surface area (Å²) in [5.74, 6) is -0.445. The Kier molecular flexibility index (Phi) is 6.78. The zero-order chi connectivity index (χ0) is 17.4. The topological polar surface area (TPSA) is 67.4 Å². The quantitative estimate of drug-likeness (QED) is 0.746. The van der Waals surface area contributed by atoms with Crippen molar-refractivity contribution in [2.45, 2.75) is 13.3 Å². The molecule has 2 aromatic carbocycles. The summed E-state index contributed by atoms with van der Waals surface area (Å²) in [5, 5.41) is 6.13. The maximum absolute atomic E-state index is 12.3. The number of benzene rings is 2. The highest BCUT2D eigenvalue weighted by molar-refractivity contribution is 6.30. The number of rotatable bonds is 7. The molecular weight excluding hydrogens is 328 g/mol. The molecule has 0 spiro atoms. The molecule has 0 aliphatic carbocycles. The van der Waals surface area contributed by atoms with Gasteiger partial charge in [0.2, 0.25) is 5.91 Å². The van der Waals surface area contributed by atoms with Crippen LogP contribution < -0.4 is 10.6 Å². The molecule has 0 saturated carbocycles. The Hall–Kier alpha value is -2.37. The molecule has 6 heteroatoms. The average Bonchev–Trinajstić information content (AvgIpc) is 2.57. The van der Waals surface area contributed by atoms with Crippen molar-refractivity contribution in [1.29, 1.82) is 0 Å². The molecule has 0 unspecified atom stereocenters. The largest absolute Gasteiger partial charge is 0.381 e. The van der Waals surface area contributed by atoms with Crippen molar-refractivity contribution in [1.82, 2.24) is 0 Å². The van der Waals surface area contributed by atoms with Crippen molar-refractivity contribution in [3.63, 3.8) is 0 Å². The normalized spacial score (nSPS) is 10.2. The van der Waals surface area contributed by atoms with Gasteiger partial charge in [0.15, 0.2) is 0 Å². The van der Waals surface area contributed by atoms with E-state index in [4.69, 9.17) is 16.3 Å². The van der Waals surface area contributed by atoms with Gasteiger partial charge in [0.1, 0.15) is 0 Å². The van der Waals surface area contributed by atoms with E-state index < -0.39 is 0 Å². The second-order valence-electron chi connectivity index (χ2n) is 5.00. The molecule has 2 rings (SSSR count). The number of nitrogens with one attached hydrogen (secondary N) is 2. The molecule has 0 aliphatic rings. The van der Waals surface area contributed by atoms with Crippen LogP contribution in [-0.2, 0) is 9.53 Å². The lowest BCUT2D eigenvalue weighted by Gasteiger charge is -2.12. The first-order valence-corrected chi connectivity index (χ1v) is 8.01. The number of amides is 2. The Morgan fingerprint density at radius 2 is 1.62 bits per heavy atom. The van der Waals surface area contributed by atoms with Crippen LogP contribution in [0.15, 0.2) is 48.5 Å². The van der Waals surface area contributed by atoms with Gasteiger partial charge in [0.25, 0.3) is 5.91 Å². The lowest BCUT2D eigenvalue weighted by Crippen LogP contribution is -2.17. The highest BCUT2D eigenvalue weighted by atomic mass is 35.5. The van der Waals surface area contributed by atoms with Gasteiger partial charge < -0.3 is 15.4 Å². The molecule has 126 valence electrons. The summed E-state index contributed by atoms with van der Waals surface area (Å²) in [6.45, 7) is 2.81. The van der Waals surface area contributed by atoms with Crippen molar-refractivity contribution in [3.05, 3.63) is 59.1 Å². The lowest BCUT2D eigenvalue weighted by atomic mass is 10.2. The molecule has 2 aromatic rings. The fraction of sp³-hybridized carbons (Fsp3) is 0.222. The minimum Gasteiger partial charge on any atom is -0.381 e. The molecule has 0 aromatic heterocycles. The van der Waals surface area contributed by atoms with Gasteiger partial charge in [-0.15, -0.1) is 0 Å². The number of hydrogen-bond acceptors (Lipinski definition) is 3. The molecular formula is C18H19ClN2O3. The Morgan fingerprint density at radius 3 is 2.25 bits per heavy atom. The highest BCUT2D eigenvalue weighted by Crippen LogP contribution is 2.22. The van der Waals surface area contributed by atoms with Crippen molar-refractivity contribution in [3.8, 4) is 0 Å². The fourth-order valence-corrected chi connectivity index (χ4v) is 2.14. The van der Waals surface area contributed by atoms with Crippen LogP contribution >= 0.6 is 11.6 Å². The van der Waals surface area contributed by atoms with Crippen LogP contribution in [0, 0.1) is 0 Å². The van der Waals surface area contributed by atoms with Crippen molar-refractivity contribution in [2.75, 3.05) is 23.8 Å². The number of hydrogen-bond donors (Lipinski definition) is 2. The average molecular weight is 347 g/mol. The van der Waals surface area contributed by atoms with Crippen LogP contribution in [0.2, 0.25) is 5.02 Å². The first-order valence-electron chi connectivity index (χ1n) is 7.63. The van der Waals surface area contributed by atoms with Crippen LogP contribution in [0.1, 0.15) is 23.7 Å². The second-order valence-corrected chi connectivity index (χ2v) is 5.44. The predicted molar refractivity (Wildman–Crippen MR) is 95.6 cm³/mol. The Balaban J connectivity index is 2.04. The summed E-state index contributed by atoms with van der Waals surface area (Å²) in [7, 11) is 0. The molecule has 0 saturated heterocycles. The van der Waals surface area contributed by atoms with E-state index >= 15 is 0 Å². The van der Waals surface area contributed by atoms with E-state index in [1.165, 1.54) is 0 Å². The Labute approximate surface area is 146 Å². The van der Waals surface area contributed by atoms with Crippen LogP contribution in [-0.4, -0.2) is 25.0 Å². The minimum absolute atomic E-state index is 0.170. The van der Waals surface area contributed by atoms with Crippen molar-refractivity contribution in [2.24, 2.45) is 0 Å². The first-order chi connectivity index (χ1) is 11.6. The molecule has 5 nitrogen and oxygen atoms in total. The molecule has 0 fully saturated rings. The summed E-state index contributed by atoms with van der Waals surface area (Å²) in [4.78, 5) is 24.2. The molecule has 2 N–H and O–H groups in total. The van der Waals surface area contributed by atoms with Crippen molar-refractivity contribution >= 4 is 34.8 Å². The standard InChI is InChI=1S/C18H19ClN2O3/c1-2-24-12-11-17(22)20-15-5-3-4-6-16(15)21-18(23)13-7-9-14(19)10-8-13/h3-10H,2,11-12H2,1H3,(H,20,22)(H,21,23). The van der Waals surface area contributed by atoms with E-state index in [0.717, 1.165) is 0 Å². The van der Waals surface area contributed by atoms with E-state index in [1.54, 1.807) is 48.5 Å². The molecule has 0 atom stereocenters. The van der Waals surface area contributed by atoms with Crippen LogP contribution in [0.4, 0.5) is 11.4 Å². The number of ether oxygens (including phenoxy) is 1. The third kappa shape index (κ3) is 5.37. The smallest absolute Gasteiger partial charge is 0.255 e. The summed E-state index contributed by atoms with van der Waals surface area (Å²) in [6.07, 6.45) is 0.257. The minimum atomic E-state index is -0.275. The number of para-hydroxylation sites is 2. The van der Waals surface area contributed by atoms with Gasteiger partial charge in [-0.3, -0.25) is 9.59 Å². The van der Waals surface area contributed by atoms with Gasteiger partial charge >= 0.3 is 0 Å². The zero-order valence-corrected chi connectivity index (χ0v) is 14.1. The number of carbonyl (C=O) groups is 2. The molecule has 0 radical (unpaired) electrons. The van der Waals surface area contributed by atoms with Crippen LogP contribution in [0.3, 0.4) is 0 Å². The fourth-order valence-electron chi connectivity index (χ4n) is 2.02. The Morgan fingerprint density at radius 1 is 1.00 bits per heavy atom. The Bertz CT molecular complexity index is 702. The molecule has 24 heavy (non-hydrogen) atoms. The van der Waals surface area contributed by atoms with Gasteiger partial charge in [0.05, 0.1) is 24.4 Å². The van der Waals surface area contributed by atoms with Gasteiger partial charge in [-0.05, 0) is 43.3 Å². The molecule has 0 aliphatic heterocycles. The van der Waals surface area contributed by atoms with Crippen LogP contribution in [0.25, 0.3) is 0 Å². The summed E-state index contributed by atoms with van der Waals surface area (Å²) < 4.78 is 5.16. The molecule has 0 bridgehead atoms. The summed E-state index contributed by atoms with van der Waals surface area (Å²) >= 11 is 5.82. The van der Waals surface area contributed by atoms with E-state index in [2.05, 4.69) is 10.6 Å². The lowest BCUT2D eigenvalue weighted by molar-refractivity contribution is -0.117. The van der Waals surface area contributed by atoms with Gasteiger partial charge in [0, 0.05) is 17.2 Å². The maximum Gasteiger partial charge on any atom is 0.255 e.